The summed E-state index contributed by atoms with van der Waals surface area (Å²) in [7, 11) is -8.14. The Kier molecular flexibility index (Phi) is 18.9. The fraction of sp³-hybridized carbons (Fsp3) is 0.417. The largest absolute Gasteiger partial charge is 0.449 e. The van der Waals surface area contributed by atoms with Crippen LogP contribution in [0, 0.1) is 0 Å². The SMILES string of the molecule is CC1(C)C(=C/C=C2\CCCC(C=CC3=[N+](CCCCS(=O)(=O)O)c4ccccc4C3(C)C)=C2SCCC(=O)NCCOCCNC(=O)OCC2c3ccccc3-c3ccccc32)N(CCCCS(=O)(=O)O)c2ccccc21. The van der Waals surface area contributed by atoms with E-state index in [9.17, 15) is 35.5 Å². The molecule has 77 heavy (non-hydrogen) atoms. The molecule has 0 radical (unpaired) electrons. The van der Waals surface area contributed by atoms with Crippen molar-refractivity contribution in [3.63, 3.8) is 0 Å². The molecule has 2 amide bonds. The van der Waals surface area contributed by atoms with Crippen LogP contribution in [-0.2, 0) is 45.3 Å². The summed E-state index contributed by atoms with van der Waals surface area (Å²) in [6.45, 7) is 11.3. The summed E-state index contributed by atoms with van der Waals surface area (Å²) in [6.07, 6.45) is 13.0. The number of thioether (sulfide) groups is 1. The monoisotopic (exact) mass is 1110 g/mol. The van der Waals surface area contributed by atoms with Crippen molar-refractivity contribution >= 4 is 61.1 Å². The standard InChI is InChI=1S/C60H72N4O10S3/c1-59(2)50-24-9-11-26-52(50)63(35-13-15-40-76(67,68)69)54(59)30-28-43-18-17-19-44(29-31-55-60(3,4)51-25-10-12-27-53(51)64(55)36-14-16-41-77(70,71)72)57(43)75-39-32-56(65)61-33-37-73-38-34-62-58(66)74-42-49-47-22-7-5-20-45(47)46-21-6-8-23-48(46)49/h5-12,20-31,49H,13-19,32-42H2,1-4H3,(H3-,61,62,65,66,67,68,69,70,71,72)/p+1. The zero-order chi connectivity index (χ0) is 54.8. The molecule has 17 heteroatoms. The number of hydrogen-bond donors (Lipinski definition) is 4. The molecule has 2 aliphatic carbocycles. The Bertz CT molecular complexity index is 3170. The predicted octanol–water partition coefficient (Wildman–Crippen LogP) is 10.8. The third-order valence-corrected chi connectivity index (χ3v) is 17.9. The molecule has 8 rings (SSSR count). The van der Waals surface area contributed by atoms with E-state index in [1.807, 2.05) is 48.5 Å². The van der Waals surface area contributed by atoms with Crippen molar-refractivity contribution in [2.75, 3.05) is 68.2 Å². The molecule has 4 aromatic carbocycles. The van der Waals surface area contributed by atoms with Crippen LogP contribution in [0.1, 0.15) is 107 Å². The van der Waals surface area contributed by atoms with Crippen molar-refractivity contribution in [1.82, 2.24) is 10.6 Å². The number of ether oxygens (including phenoxy) is 2. The molecule has 0 saturated heterocycles. The Labute approximate surface area is 459 Å². The van der Waals surface area contributed by atoms with Gasteiger partial charge in [-0.25, -0.2) is 4.79 Å². The molecule has 4 N–H and O–H groups in total. The van der Waals surface area contributed by atoms with Crippen LogP contribution < -0.4 is 15.5 Å². The molecule has 0 atom stereocenters. The molecule has 2 heterocycles. The highest BCUT2D eigenvalue weighted by atomic mass is 32.2. The number of carbonyl (C=O) groups is 2. The molecule has 4 aromatic rings. The quantitative estimate of drug-likeness (QED) is 0.0279. The van der Waals surface area contributed by atoms with Crippen LogP contribution >= 0.6 is 11.8 Å². The second kappa shape index (κ2) is 25.3. The number of unbranched alkanes of at least 4 members (excludes halogenated alkanes) is 2. The predicted molar refractivity (Wildman–Crippen MR) is 308 cm³/mol. The fourth-order valence-electron chi connectivity index (χ4n) is 11.2. The van der Waals surface area contributed by atoms with E-state index in [-0.39, 0.29) is 66.9 Å². The summed E-state index contributed by atoms with van der Waals surface area (Å²) >= 11 is 1.67. The third-order valence-electron chi connectivity index (χ3n) is 15.0. The van der Waals surface area contributed by atoms with Gasteiger partial charge in [0, 0.05) is 83.6 Å². The summed E-state index contributed by atoms with van der Waals surface area (Å²) in [5, 5.41) is 5.75. The normalized spacial score (nSPS) is 17.8. The lowest BCUT2D eigenvalue weighted by atomic mass is 9.81. The molecular formula is C60H73N4O10S3+. The zero-order valence-electron chi connectivity index (χ0n) is 44.6. The van der Waals surface area contributed by atoms with Crippen LogP contribution in [-0.4, -0.2) is 111 Å². The number of allylic oxidation sites excluding steroid dienone is 7. The van der Waals surface area contributed by atoms with E-state index in [0.29, 0.717) is 51.1 Å². The van der Waals surface area contributed by atoms with Crippen molar-refractivity contribution < 1.29 is 49.6 Å². The lowest BCUT2D eigenvalue weighted by Crippen LogP contribution is -2.31. The number of para-hydroxylation sites is 2. The van der Waals surface area contributed by atoms with Gasteiger partial charge in [-0.1, -0.05) is 111 Å². The lowest BCUT2D eigenvalue weighted by Gasteiger charge is -2.27. The molecule has 0 fully saturated rings. The van der Waals surface area contributed by atoms with E-state index in [1.54, 1.807) is 11.8 Å². The Morgan fingerprint density at radius 2 is 1.36 bits per heavy atom. The van der Waals surface area contributed by atoms with E-state index < -0.39 is 26.3 Å². The van der Waals surface area contributed by atoms with Crippen molar-refractivity contribution in [2.45, 2.75) is 95.8 Å². The van der Waals surface area contributed by atoms with Gasteiger partial charge in [-0.05, 0) is 103 Å². The van der Waals surface area contributed by atoms with Gasteiger partial charge >= 0.3 is 6.09 Å². The molecule has 410 valence electrons. The first-order valence-electron chi connectivity index (χ1n) is 26.7. The highest BCUT2D eigenvalue weighted by Crippen LogP contribution is 2.49. The summed E-state index contributed by atoms with van der Waals surface area (Å²) in [6, 6.07) is 33.0. The van der Waals surface area contributed by atoms with E-state index in [1.165, 1.54) is 22.3 Å². The highest BCUT2D eigenvalue weighted by Gasteiger charge is 2.44. The van der Waals surface area contributed by atoms with Crippen molar-refractivity contribution in [3.05, 3.63) is 165 Å². The average Bonchev–Trinajstić information content (AvgIpc) is 3.94. The second-order valence-corrected chi connectivity index (χ2v) is 25.3. The second-order valence-electron chi connectivity index (χ2n) is 21.1. The van der Waals surface area contributed by atoms with Crippen molar-refractivity contribution in [2.24, 2.45) is 0 Å². The van der Waals surface area contributed by atoms with E-state index in [2.05, 4.69) is 121 Å². The zero-order valence-corrected chi connectivity index (χ0v) is 47.1. The minimum atomic E-state index is -4.07. The van der Waals surface area contributed by atoms with Crippen molar-refractivity contribution in [1.29, 1.82) is 0 Å². The minimum absolute atomic E-state index is 0.0275. The number of fused-ring (bicyclic) bond motifs is 5. The van der Waals surface area contributed by atoms with Crippen LogP contribution in [0.25, 0.3) is 11.1 Å². The first-order chi connectivity index (χ1) is 36.8. The summed E-state index contributed by atoms with van der Waals surface area (Å²) < 4.78 is 78.8. The molecular weight excluding hydrogens is 1030 g/mol. The molecule has 0 aromatic heterocycles. The van der Waals surface area contributed by atoms with Crippen LogP contribution in [0.4, 0.5) is 16.2 Å². The topological polar surface area (TPSA) is 192 Å². The first-order valence-corrected chi connectivity index (χ1v) is 30.9. The van der Waals surface area contributed by atoms with Gasteiger partial charge in [0.15, 0.2) is 5.71 Å². The van der Waals surface area contributed by atoms with Crippen LogP contribution in [0.2, 0.25) is 0 Å². The number of anilines is 1. The smallest absolute Gasteiger partial charge is 0.407 e. The van der Waals surface area contributed by atoms with Gasteiger partial charge in [0.05, 0.1) is 30.1 Å². The van der Waals surface area contributed by atoms with Crippen molar-refractivity contribution in [3.8, 4) is 11.1 Å². The van der Waals surface area contributed by atoms with Gasteiger partial charge in [0.1, 0.15) is 13.2 Å². The average molecular weight is 1110 g/mol. The van der Waals surface area contributed by atoms with Gasteiger partial charge in [0.25, 0.3) is 20.2 Å². The lowest BCUT2D eigenvalue weighted by molar-refractivity contribution is -0.438. The summed E-state index contributed by atoms with van der Waals surface area (Å²) in [5.41, 5.74) is 12.9. The van der Waals surface area contributed by atoms with E-state index >= 15 is 0 Å². The summed E-state index contributed by atoms with van der Waals surface area (Å²) in [5.74, 6) is -0.175. The Balaban J connectivity index is 0.928. The van der Waals surface area contributed by atoms with Gasteiger partial charge in [-0.3, -0.25) is 13.9 Å². The number of nitrogens with zero attached hydrogens (tertiary/aromatic N) is 2. The van der Waals surface area contributed by atoms with Crippen LogP contribution in [0.3, 0.4) is 0 Å². The number of hydrogen-bond acceptors (Lipinski definition) is 10. The number of nitrogens with one attached hydrogen (secondary N) is 2. The maximum atomic E-state index is 13.3. The van der Waals surface area contributed by atoms with E-state index in [4.69, 9.17) is 9.47 Å². The number of carbonyl (C=O) groups excluding carboxylic acids is 2. The van der Waals surface area contributed by atoms with Gasteiger partial charge < -0.3 is 25.0 Å². The van der Waals surface area contributed by atoms with Crippen LogP contribution in [0.5, 0.6) is 0 Å². The first kappa shape index (κ1) is 57.4. The van der Waals surface area contributed by atoms with Gasteiger partial charge in [0.2, 0.25) is 11.6 Å². The molecule has 0 spiro atoms. The van der Waals surface area contributed by atoms with Gasteiger partial charge in [-0.15, -0.1) is 11.8 Å². The number of benzene rings is 4. The van der Waals surface area contributed by atoms with Gasteiger partial charge in [-0.2, -0.15) is 21.4 Å². The molecule has 14 nitrogen and oxygen atoms in total. The highest BCUT2D eigenvalue weighted by molar-refractivity contribution is 8.03. The maximum absolute atomic E-state index is 13.3. The molecule has 0 saturated carbocycles. The number of alkyl carbamates (subject to hydrolysis) is 1. The molecule has 2 aliphatic heterocycles. The Hall–Kier alpha value is -5.82. The van der Waals surface area contributed by atoms with Crippen LogP contribution in [0.15, 0.2) is 143 Å². The Morgan fingerprint density at radius 3 is 2.06 bits per heavy atom. The number of amides is 2. The molecule has 0 bridgehead atoms. The fourth-order valence-corrected chi connectivity index (χ4v) is 13.6. The molecule has 4 aliphatic rings. The summed E-state index contributed by atoms with van der Waals surface area (Å²) in [4.78, 5) is 29.3. The maximum Gasteiger partial charge on any atom is 0.407 e. The molecule has 0 unspecified atom stereocenters. The number of rotatable bonds is 25. The van der Waals surface area contributed by atoms with E-state index in [0.717, 1.165) is 69.2 Å². The minimum Gasteiger partial charge on any atom is -0.449 e. The Morgan fingerprint density at radius 1 is 0.740 bits per heavy atom. The third kappa shape index (κ3) is 14.3.